The molecule has 1 fully saturated rings. The van der Waals surface area contributed by atoms with Gasteiger partial charge in [-0.05, 0) is 74.1 Å². The SMILES string of the molecule is CCc1ccccc1N(CC(=O)N(Cc1ccc(Cl)c(Cl)c1)[C@@H](CC)C(=O)NC1CCCC1)S(=O)(=O)c1ccc(C)cc1. The number of anilines is 1. The molecule has 0 bridgehead atoms. The molecule has 10 heteroatoms. The highest BCUT2D eigenvalue weighted by Gasteiger charge is 2.35. The molecule has 1 atom stereocenters. The lowest BCUT2D eigenvalue weighted by molar-refractivity contribution is -0.140. The number of sulfonamides is 1. The molecule has 0 radical (unpaired) electrons. The van der Waals surface area contributed by atoms with E-state index in [9.17, 15) is 18.0 Å². The maximum Gasteiger partial charge on any atom is 0.264 e. The highest BCUT2D eigenvalue weighted by atomic mass is 35.5. The number of nitrogens with zero attached hydrogens (tertiary/aromatic N) is 2. The van der Waals surface area contributed by atoms with Crippen molar-refractivity contribution in [3.63, 3.8) is 0 Å². The van der Waals surface area contributed by atoms with Crippen molar-refractivity contribution in [2.24, 2.45) is 0 Å². The van der Waals surface area contributed by atoms with Gasteiger partial charge < -0.3 is 10.2 Å². The lowest BCUT2D eigenvalue weighted by Gasteiger charge is -2.34. The van der Waals surface area contributed by atoms with E-state index in [0.29, 0.717) is 34.1 Å². The van der Waals surface area contributed by atoms with Crippen LogP contribution in [0.5, 0.6) is 0 Å². The highest BCUT2D eigenvalue weighted by Crippen LogP contribution is 2.29. The third-order valence-corrected chi connectivity index (χ3v) is 10.5. The van der Waals surface area contributed by atoms with Crippen LogP contribution in [0.2, 0.25) is 10.0 Å². The minimum atomic E-state index is -4.14. The standard InChI is InChI=1S/C33H39Cl2N3O4S/c1-4-25-10-6-9-13-31(25)38(43(41,42)27-17-14-23(3)15-18-27)22-32(39)37(21-24-16-19-28(34)29(35)20-24)30(5-2)33(40)36-26-11-7-8-12-26/h6,9-10,13-20,26,30H,4-5,7-8,11-12,21-22H2,1-3H3,(H,36,40)/t30-/m0/s1. The number of carbonyl (C=O) groups excluding carboxylic acids is 2. The largest absolute Gasteiger partial charge is 0.352 e. The van der Waals surface area contributed by atoms with E-state index >= 15 is 0 Å². The minimum absolute atomic E-state index is 0.0557. The van der Waals surface area contributed by atoms with Gasteiger partial charge in [0.1, 0.15) is 12.6 Å². The van der Waals surface area contributed by atoms with Gasteiger partial charge in [0.25, 0.3) is 10.0 Å². The maximum absolute atomic E-state index is 14.3. The zero-order valence-electron chi connectivity index (χ0n) is 24.9. The highest BCUT2D eigenvalue weighted by molar-refractivity contribution is 7.92. The molecule has 4 rings (SSSR count). The third kappa shape index (κ3) is 7.91. The molecule has 3 aromatic carbocycles. The monoisotopic (exact) mass is 643 g/mol. The maximum atomic E-state index is 14.3. The predicted octanol–water partition coefficient (Wildman–Crippen LogP) is 6.93. The second kappa shape index (κ2) is 14.6. The van der Waals surface area contributed by atoms with Gasteiger partial charge in [0.15, 0.2) is 0 Å². The van der Waals surface area contributed by atoms with Gasteiger partial charge in [0, 0.05) is 12.6 Å². The van der Waals surface area contributed by atoms with Crippen molar-refractivity contribution in [3.8, 4) is 0 Å². The van der Waals surface area contributed by atoms with Crippen LogP contribution in [-0.4, -0.2) is 43.8 Å². The van der Waals surface area contributed by atoms with E-state index in [2.05, 4.69) is 5.32 Å². The summed E-state index contributed by atoms with van der Waals surface area (Å²) in [7, 11) is -4.14. The molecule has 0 heterocycles. The summed E-state index contributed by atoms with van der Waals surface area (Å²) in [5.74, 6) is -0.745. The molecule has 3 aromatic rings. The molecule has 2 amide bonds. The van der Waals surface area contributed by atoms with E-state index in [0.717, 1.165) is 36.8 Å². The molecule has 0 aromatic heterocycles. The van der Waals surface area contributed by atoms with Crippen LogP contribution in [0.3, 0.4) is 0 Å². The number of carbonyl (C=O) groups is 2. The van der Waals surface area contributed by atoms with Gasteiger partial charge in [-0.3, -0.25) is 13.9 Å². The summed E-state index contributed by atoms with van der Waals surface area (Å²) in [4.78, 5) is 29.5. The molecular weight excluding hydrogens is 605 g/mol. The predicted molar refractivity (Wildman–Crippen MR) is 173 cm³/mol. The van der Waals surface area contributed by atoms with E-state index in [-0.39, 0.29) is 23.4 Å². The lowest BCUT2D eigenvalue weighted by atomic mass is 10.1. The first-order valence-electron chi connectivity index (χ1n) is 14.8. The van der Waals surface area contributed by atoms with Crippen LogP contribution in [0, 0.1) is 6.92 Å². The summed E-state index contributed by atoms with van der Waals surface area (Å²) in [5, 5.41) is 3.83. The van der Waals surface area contributed by atoms with E-state index in [1.54, 1.807) is 54.6 Å². The molecule has 1 aliphatic rings. The first-order valence-corrected chi connectivity index (χ1v) is 17.0. The number of amides is 2. The van der Waals surface area contributed by atoms with E-state index < -0.39 is 28.5 Å². The van der Waals surface area contributed by atoms with Crippen molar-refractivity contribution in [2.75, 3.05) is 10.8 Å². The number of halogens is 2. The summed E-state index contributed by atoms with van der Waals surface area (Å²) in [6.45, 7) is 5.24. The Morgan fingerprint density at radius 1 is 0.953 bits per heavy atom. The Kier molecular flexibility index (Phi) is 11.2. The molecule has 0 spiro atoms. The van der Waals surface area contributed by atoms with E-state index in [1.165, 1.54) is 9.21 Å². The lowest BCUT2D eigenvalue weighted by Crippen LogP contribution is -2.53. The van der Waals surface area contributed by atoms with Gasteiger partial charge in [-0.2, -0.15) is 0 Å². The zero-order chi connectivity index (χ0) is 31.1. The van der Waals surface area contributed by atoms with Gasteiger partial charge in [0.2, 0.25) is 11.8 Å². The van der Waals surface area contributed by atoms with Gasteiger partial charge in [-0.25, -0.2) is 8.42 Å². The Balaban J connectivity index is 1.75. The second-order valence-corrected chi connectivity index (χ2v) is 13.7. The average Bonchev–Trinajstić information content (AvgIpc) is 3.50. The van der Waals surface area contributed by atoms with Gasteiger partial charge in [0.05, 0.1) is 20.6 Å². The second-order valence-electron chi connectivity index (χ2n) is 11.0. The molecule has 1 saturated carbocycles. The minimum Gasteiger partial charge on any atom is -0.352 e. The Morgan fingerprint density at radius 3 is 2.26 bits per heavy atom. The molecule has 1 aliphatic carbocycles. The smallest absolute Gasteiger partial charge is 0.264 e. The summed E-state index contributed by atoms with van der Waals surface area (Å²) in [6.07, 6.45) is 4.83. The Hall–Kier alpha value is -3.07. The molecule has 0 saturated heterocycles. The van der Waals surface area contributed by atoms with Crippen LogP contribution >= 0.6 is 23.2 Å². The van der Waals surface area contributed by atoms with Gasteiger partial charge >= 0.3 is 0 Å². The summed E-state index contributed by atoms with van der Waals surface area (Å²) < 4.78 is 29.5. The van der Waals surface area contributed by atoms with Crippen molar-refractivity contribution in [1.82, 2.24) is 10.2 Å². The van der Waals surface area contributed by atoms with E-state index in [1.807, 2.05) is 32.9 Å². The van der Waals surface area contributed by atoms with Crippen LogP contribution in [0.25, 0.3) is 0 Å². The Morgan fingerprint density at radius 2 is 1.63 bits per heavy atom. The molecule has 230 valence electrons. The van der Waals surface area contributed by atoms with Crippen molar-refractivity contribution in [3.05, 3.63) is 93.5 Å². The van der Waals surface area contributed by atoms with Crippen molar-refractivity contribution >= 4 is 50.7 Å². The first-order chi connectivity index (χ1) is 20.5. The first kappa shape index (κ1) is 32.8. The van der Waals surface area contributed by atoms with Crippen LogP contribution in [0.4, 0.5) is 5.69 Å². The van der Waals surface area contributed by atoms with E-state index in [4.69, 9.17) is 23.2 Å². The zero-order valence-corrected chi connectivity index (χ0v) is 27.2. The molecule has 1 N–H and O–H groups in total. The fraction of sp³-hybridized carbons (Fsp3) is 0.394. The number of aryl methyl sites for hydroxylation is 2. The van der Waals surface area contributed by atoms with Crippen molar-refractivity contribution in [2.45, 2.75) is 82.8 Å². The van der Waals surface area contributed by atoms with Crippen LogP contribution < -0.4 is 9.62 Å². The topological polar surface area (TPSA) is 86.8 Å². The van der Waals surface area contributed by atoms with Gasteiger partial charge in [-0.1, -0.05) is 91.9 Å². The van der Waals surface area contributed by atoms with Crippen LogP contribution in [0.15, 0.2) is 71.6 Å². The normalized spacial score (nSPS) is 14.3. The van der Waals surface area contributed by atoms with Crippen LogP contribution in [0.1, 0.15) is 62.6 Å². The average molecular weight is 645 g/mol. The molecule has 43 heavy (non-hydrogen) atoms. The molecule has 0 unspecified atom stereocenters. The number of hydrogen-bond donors (Lipinski definition) is 1. The number of benzene rings is 3. The van der Waals surface area contributed by atoms with Crippen molar-refractivity contribution < 1.29 is 18.0 Å². The number of nitrogens with one attached hydrogen (secondary N) is 1. The van der Waals surface area contributed by atoms with Crippen LogP contribution in [-0.2, 0) is 32.6 Å². The summed E-state index contributed by atoms with van der Waals surface area (Å²) in [5.41, 5.74) is 2.81. The number of hydrogen-bond acceptors (Lipinski definition) is 4. The van der Waals surface area contributed by atoms with Gasteiger partial charge in [-0.15, -0.1) is 0 Å². The molecular formula is C33H39Cl2N3O4S. The molecule has 0 aliphatic heterocycles. The Labute approximate surface area is 265 Å². The summed E-state index contributed by atoms with van der Waals surface area (Å²) >= 11 is 12.4. The molecule has 7 nitrogen and oxygen atoms in total. The van der Waals surface area contributed by atoms with Crippen molar-refractivity contribution in [1.29, 1.82) is 0 Å². The quantitative estimate of drug-likeness (QED) is 0.232. The number of para-hydroxylation sites is 1. The number of rotatable bonds is 12. The summed E-state index contributed by atoms with van der Waals surface area (Å²) in [6, 6.07) is 18.1. The third-order valence-electron chi connectivity index (χ3n) is 7.95. The Bertz CT molecular complexity index is 1540. The fourth-order valence-electron chi connectivity index (χ4n) is 5.53. The fourth-order valence-corrected chi connectivity index (χ4v) is 7.30.